The Labute approximate surface area is 80.2 Å². The minimum atomic E-state index is -1.16. The molecule has 0 heterocycles. The van der Waals surface area contributed by atoms with Crippen molar-refractivity contribution in [2.45, 2.75) is 12.8 Å². The summed E-state index contributed by atoms with van der Waals surface area (Å²) in [5.74, 6) is -2.74. The van der Waals surface area contributed by atoms with E-state index in [2.05, 4.69) is 12.6 Å². The van der Waals surface area contributed by atoms with E-state index in [1.807, 2.05) is 0 Å². The van der Waals surface area contributed by atoms with Gasteiger partial charge in [0.25, 0.3) is 0 Å². The number of hydrogen-bond acceptors (Lipinski definition) is 1. The van der Waals surface area contributed by atoms with Gasteiger partial charge in [-0.15, -0.1) is 0 Å². The largest absolute Gasteiger partial charge is 0.207 e. The maximum Gasteiger partial charge on any atom is 0.161 e. The highest BCUT2D eigenvalue weighted by Crippen LogP contribution is 2.22. The Kier molecular flexibility index (Phi) is 3.25. The molecular weight excluding hydrogens is 197 g/mol. The molecule has 0 aliphatic carbocycles. The van der Waals surface area contributed by atoms with Gasteiger partial charge in [-0.1, -0.05) is 6.92 Å². The van der Waals surface area contributed by atoms with Crippen LogP contribution in [0, 0.1) is 17.5 Å². The quantitative estimate of drug-likeness (QED) is 0.557. The van der Waals surface area contributed by atoms with Crippen LogP contribution in [0.2, 0.25) is 0 Å². The average Bonchev–Trinajstić information content (AvgIpc) is 2.10. The molecule has 1 aromatic carbocycles. The van der Waals surface area contributed by atoms with E-state index in [0.29, 0.717) is 11.8 Å². The smallest absolute Gasteiger partial charge is 0.161 e. The van der Waals surface area contributed by atoms with Crippen molar-refractivity contribution in [3.05, 3.63) is 35.1 Å². The van der Waals surface area contributed by atoms with Gasteiger partial charge in [0, 0.05) is 6.07 Å². The highest BCUT2D eigenvalue weighted by atomic mass is 32.1. The molecule has 1 atom stereocenters. The van der Waals surface area contributed by atoms with Crippen LogP contribution in [0.5, 0.6) is 0 Å². The van der Waals surface area contributed by atoms with Gasteiger partial charge in [-0.05, 0) is 23.3 Å². The summed E-state index contributed by atoms with van der Waals surface area (Å²) in [4.78, 5) is 0. The molecule has 0 bridgehead atoms. The van der Waals surface area contributed by atoms with Gasteiger partial charge < -0.3 is 0 Å². The van der Waals surface area contributed by atoms with Crippen LogP contribution in [-0.2, 0) is 0 Å². The van der Waals surface area contributed by atoms with Crippen LogP contribution in [0.25, 0.3) is 0 Å². The van der Waals surface area contributed by atoms with E-state index >= 15 is 0 Å². The van der Waals surface area contributed by atoms with Crippen molar-refractivity contribution in [2.75, 3.05) is 5.75 Å². The molecule has 0 fully saturated rings. The fraction of sp³-hybridized carbons (Fsp3) is 0.333. The summed E-state index contributed by atoms with van der Waals surface area (Å²) in [6, 6.07) is 1.44. The predicted octanol–water partition coefficient (Wildman–Crippen LogP) is 3.14. The van der Waals surface area contributed by atoms with Crippen LogP contribution in [0.3, 0.4) is 0 Å². The third kappa shape index (κ3) is 2.18. The van der Waals surface area contributed by atoms with Crippen molar-refractivity contribution in [1.29, 1.82) is 0 Å². The van der Waals surface area contributed by atoms with Gasteiger partial charge in [0.2, 0.25) is 0 Å². The van der Waals surface area contributed by atoms with E-state index in [4.69, 9.17) is 0 Å². The molecule has 13 heavy (non-hydrogen) atoms. The summed E-state index contributed by atoms with van der Waals surface area (Å²) in [7, 11) is 0. The minimum absolute atomic E-state index is 0.161. The van der Waals surface area contributed by atoms with Crippen LogP contribution >= 0.6 is 12.6 Å². The highest BCUT2D eigenvalue weighted by molar-refractivity contribution is 7.80. The average molecular weight is 206 g/mol. The lowest BCUT2D eigenvalue weighted by Crippen LogP contribution is -2.01. The van der Waals surface area contributed by atoms with Crippen molar-refractivity contribution in [3.63, 3.8) is 0 Å². The first-order valence-electron chi connectivity index (χ1n) is 3.81. The Morgan fingerprint density at radius 2 is 1.69 bits per heavy atom. The van der Waals surface area contributed by atoms with E-state index in [9.17, 15) is 13.2 Å². The van der Waals surface area contributed by atoms with Crippen LogP contribution < -0.4 is 0 Å². The maximum atomic E-state index is 13.0. The summed E-state index contributed by atoms with van der Waals surface area (Å²) in [6.45, 7) is 1.70. The number of rotatable bonds is 2. The highest BCUT2D eigenvalue weighted by Gasteiger charge is 2.13. The molecule has 0 amide bonds. The van der Waals surface area contributed by atoms with E-state index in [1.165, 1.54) is 0 Å². The Balaban J connectivity index is 3.15. The fourth-order valence-corrected chi connectivity index (χ4v) is 1.21. The molecule has 0 saturated heterocycles. The monoisotopic (exact) mass is 206 g/mol. The second kappa shape index (κ2) is 4.05. The van der Waals surface area contributed by atoms with E-state index in [0.717, 1.165) is 6.07 Å². The first-order chi connectivity index (χ1) is 6.06. The van der Waals surface area contributed by atoms with E-state index in [-0.39, 0.29) is 11.5 Å². The summed E-state index contributed by atoms with van der Waals surface area (Å²) in [6.07, 6.45) is 0. The lowest BCUT2D eigenvalue weighted by Gasteiger charge is -2.09. The maximum absolute atomic E-state index is 13.0. The third-order valence-electron chi connectivity index (χ3n) is 1.84. The molecule has 0 N–H and O–H groups in total. The van der Waals surface area contributed by atoms with Crippen LogP contribution in [0.4, 0.5) is 13.2 Å². The SMILES string of the molecule is CC(CS)c1cc(F)c(F)cc1F. The first-order valence-corrected chi connectivity index (χ1v) is 4.44. The van der Waals surface area contributed by atoms with Crippen molar-refractivity contribution < 1.29 is 13.2 Å². The molecule has 0 saturated carbocycles. The Morgan fingerprint density at radius 1 is 1.15 bits per heavy atom. The number of halogens is 3. The second-order valence-corrected chi connectivity index (χ2v) is 3.24. The molecule has 0 radical (unpaired) electrons. The van der Waals surface area contributed by atoms with Gasteiger partial charge in [-0.2, -0.15) is 12.6 Å². The molecular formula is C9H9F3S. The summed E-state index contributed by atoms with van der Waals surface area (Å²) < 4.78 is 38.2. The van der Waals surface area contributed by atoms with Crippen molar-refractivity contribution >= 4 is 12.6 Å². The van der Waals surface area contributed by atoms with Crippen molar-refractivity contribution in [3.8, 4) is 0 Å². The summed E-state index contributed by atoms with van der Waals surface area (Å²) in [5, 5.41) is 0. The van der Waals surface area contributed by atoms with E-state index < -0.39 is 17.5 Å². The fourth-order valence-electron chi connectivity index (χ4n) is 1.01. The zero-order valence-corrected chi connectivity index (χ0v) is 7.91. The minimum Gasteiger partial charge on any atom is -0.207 e. The normalized spacial score (nSPS) is 13.0. The molecule has 0 aliphatic rings. The number of hydrogen-bond donors (Lipinski definition) is 1. The van der Waals surface area contributed by atoms with Gasteiger partial charge in [-0.25, -0.2) is 13.2 Å². The van der Waals surface area contributed by atoms with Crippen LogP contribution in [-0.4, -0.2) is 5.75 Å². The molecule has 72 valence electrons. The standard InChI is InChI=1S/C9H9F3S/c1-5(4-13)6-2-8(11)9(12)3-7(6)10/h2-3,5,13H,4H2,1H3. The molecule has 0 aromatic heterocycles. The van der Waals surface area contributed by atoms with Crippen molar-refractivity contribution in [1.82, 2.24) is 0 Å². The molecule has 0 spiro atoms. The number of thiol groups is 1. The summed E-state index contributed by atoms with van der Waals surface area (Å²) in [5.41, 5.74) is 0.161. The van der Waals surface area contributed by atoms with Gasteiger partial charge in [-0.3, -0.25) is 0 Å². The lowest BCUT2D eigenvalue weighted by atomic mass is 10.0. The molecule has 1 unspecified atom stereocenters. The Hall–Kier alpha value is -0.640. The third-order valence-corrected chi connectivity index (χ3v) is 2.39. The van der Waals surface area contributed by atoms with Gasteiger partial charge in [0.15, 0.2) is 11.6 Å². The van der Waals surface area contributed by atoms with Crippen LogP contribution in [0.1, 0.15) is 18.4 Å². The van der Waals surface area contributed by atoms with Crippen molar-refractivity contribution in [2.24, 2.45) is 0 Å². The predicted molar refractivity (Wildman–Crippen MR) is 48.6 cm³/mol. The van der Waals surface area contributed by atoms with Gasteiger partial charge >= 0.3 is 0 Å². The van der Waals surface area contributed by atoms with E-state index in [1.54, 1.807) is 6.92 Å². The molecule has 1 rings (SSSR count). The topological polar surface area (TPSA) is 0 Å². The summed E-state index contributed by atoms with van der Waals surface area (Å²) >= 11 is 3.95. The second-order valence-electron chi connectivity index (χ2n) is 2.87. The lowest BCUT2D eigenvalue weighted by molar-refractivity contribution is 0.487. The Morgan fingerprint density at radius 3 is 2.23 bits per heavy atom. The Bertz CT molecular complexity index is 312. The number of benzene rings is 1. The zero-order chi connectivity index (χ0) is 10.0. The molecule has 4 heteroatoms. The van der Waals surface area contributed by atoms with Gasteiger partial charge in [0.1, 0.15) is 5.82 Å². The molecule has 0 aliphatic heterocycles. The first kappa shape index (κ1) is 10.4. The van der Waals surface area contributed by atoms with Gasteiger partial charge in [0.05, 0.1) is 0 Å². The molecule has 1 aromatic rings. The zero-order valence-electron chi connectivity index (χ0n) is 7.02. The van der Waals surface area contributed by atoms with Crippen LogP contribution in [0.15, 0.2) is 12.1 Å². The molecule has 0 nitrogen and oxygen atoms in total.